The second-order valence-corrected chi connectivity index (χ2v) is 3.29. The molecule has 0 spiro atoms. The summed E-state index contributed by atoms with van der Waals surface area (Å²) in [6.07, 6.45) is 2.97. The third kappa shape index (κ3) is 2.13. The van der Waals surface area contributed by atoms with E-state index in [9.17, 15) is 13.6 Å². The number of H-pyrrole nitrogens is 1. The number of Topliss-reactive ketones (excluding diaryl/α,β-unsaturated/α-hetero) is 1. The summed E-state index contributed by atoms with van der Waals surface area (Å²) in [6, 6.07) is 3.38. The normalized spacial score (nSPS) is 10.4. The molecule has 1 aromatic carbocycles. The topological polar surface area (TPSA) is 45.8 Å². The fraction of sp³-hybridized carbons (Fsp3) is 0.0909. The molecule has 0 unspecified atom stereocenters. The first-order valence-corrected chi connectivity index (χ1v) is 4.63. The van der Waals surface area contributed by atoms with Gasteiger partial charge in [0.1, 0.15) is 0 Å². The fourth-order valence-electron chi connectivity index (χ4n) is 1.34. The zero-order valence-electron chi connectivity index (χ0n) is 8.21. The first kappa shape index (κ1) is 10.5. The van der Waals surface area contributed by atoms with Crippen molar-refractivity contribution in [3.63, 3.8) is 0 Å². The Hall–Kier alpha value is -2.04. The average Bonchev–Trinajstić information content (AvgIpc) is 2.77. The van der Waals surface area contributed by atoms with Crippen LogP contribution >= 0.6 is 0 Å². The number of carbonyl (C=O) groups excluding carboxylic acids is 1. The Morgan fingerprint density at radius 1 is 1.31 bits per heavy atom. The second-order valence-electron chi connectivity index (χ2n) is 3.29. The van der Waals surface area contributed by atoms with Gasteiger partial charge >= 0.3 is 0 Å². The lowest BCUT2D eigenvalue weighted by molar-refractivity contribution is 0.0984. The van der Waals surface area contributed by atoms with Crippen LogP contribution in [0.15, 0.2) is 30.6 Å². The van der Waals surface area contributed by atoms with Crippen LogP contribution in [0.3, 0.4) is 0 Å². The Bertz CT molecular complexity index is 509. The first-order valence-electron chi connectivity index (χ1n) is 4.63. The summed E-state index contributed by atoms with van der Waals surface area (Å²) >= 11 is 0. The Morgan fingerprint density at radius 2 is 2.12 bits per heavy atom. The van der Waals surface area contributed by atoms with E-state index in [0.29, 0.717) is 5.56 Å². The fourth-order valence-corrected chi connectivity index (χ4v) is 1.34. The van der Waals surface area contributed by atoms with Crippen molar-refractivity contribution in [2.45, 2.75) is 6.42 Å². The number of ketones is 1. The predicted octanol–water partition coefficient (Wildman–Crippen LogP) is 2.11. The molecule has 0 fully saturated rings. The van der Waals surface area contributed by atoms with Crippen molar-refractivity contribution in [1.29, 1.82) is 0 Å². The van der Waals surface area contributed by atoms with E-state index < -0.39 is 11.6 Å². The number of hydrogen-bond donors (Lipinski definition) is 1. The van der Waals surface area contributed by atoms with Gasteiger partial charge in [-0.3, -0.25) is 4.79 Å². The number of nitrogens with zero attached hydrogens (tertiary/aromatic N) is 1. The first-order chi connectivity index (χ1) is 7.66. The van der Waals surface area contributed by atoms with Gasteiger partial charge in [0.05, 0.1) is 0 Å². The highest BCUT2D eigenvalue weighted by Gasteiger charge is 2.10. The van der Waals surface area contributed by atoms with E-state index in [0.717, 1.165) is 12.1 Å². The van der Waals surface area contributed by atoms with Crippen molar-refractivity contribution in [3.05, 3.63) is 53.6 Å². The number of aromatic nitrogens is 2. The van der Waals surface area contributed by atoms with Crippen LogP contribution in [0.5, 0.6) is 0 Å². The molecular formula is C11H8F2N2O. The summed E-state index contributed by atoms with van der Waals surface area (Å²) in [7, 11) is 0. The second kappa shape index (κ2) is 4.22. The largest absolute Gasteiger partial charge is 0.342 e. The molecule has 1 N–H and O–H groups in total. The van der Waals surface area contributed by atoms with Crippen LogP contribution in [0, 0.1) is 11.6 Å². The lowest BCUT2D eigenvalue weighted by Crippen LogP contribution is -2.06. The Morgan fingerprint density at radius 3 is 2.75 bits per heavy atom. The maximum atomic E-state index is 12.9. The molecule has 1 aromatic heterocycles. The molecule has 0 aliphatic carbocycles. The van der Waals surface area contributed by atoms with Crippen LogP contribution in [-0.4, -0.2) is 15.8 Å². The van der Waals surface area contributed by atoms with Crippen molar-refractivity contribution in [2.24, 2.45) is 0 Å². The number of hydrogen-bond acceptors (Lipinski definition) is 2. The number of carbonyl (C=O) groups is 1. The molecule has 2 rings (SSSR count). The minimum atomic E-state index is -0.954. The van der Waals surface area contributed by atoms with E-state index in [4.69, 9.17) is 0 Å². The van der Waals surface area contributed by atoms with Crippen LogP contribution in [-0.2, 0) is 6.42 Å². The molecule has 5 heteroatoms. The van der Waals surface area contributed by atoms with Crippen molar-refractivity contribution in [1.82, 2.24) is 9.97 Å². The number of benzene rings is 1. The summed E-state index contributed by atoms with van der Waals surface area (Å²) < 4.78 is 25.5. The molecule has 0 aliphatic heterocycles. The van der Waals surface area contributed by atoms with Gasteiger partial charge in [0.25, 0.3) is 0 Å². The molecule has 0 bridgehead atoms. The van der Waals surface area contributed by atoms with Crippen LogP contribution < -0.4 is 0 Å². The van der Waals surface area contributed by atoms with E-state index >= 15 is 0 Å². The molecule has 2 aromatic rings. The van der Waals surface area contributed by atoms with Crippen LogP contribution in [0.2, 0.25) is 0 Å². The smallest absolute Gasteiger partial charge is 0.202 e. The third-order valence-corrected chi connectivity index (χ3v) is 2.11. The maximum Gasteiger partial charge on any atom is 0.202 e. The van der Waals surface area contributed by atoms with Crippen LogP contribution in [0.4, 0.5) is 8.78 Å². The minimum absolute atomic E-state index is 0.00921. The van der Waals surface area contributed by atoms with E-state index in [1.165, 1.54) is 18.5 Å². The van der Waals surface area contributed by atoms with Gasteiger partial charge in [-0.15, -0.1) is 0 Å². The van der Waals surface area contributed by atoms with E-state index in [2.05, 4.69) is 9.97 Å². The van der Waals surface area contributed by atoms with Gasteiger partial charge in [0.15, 0.2) is 17.5 Å². The molecular weight excluding hydrogens is 214 g/mol. The van der Waals surface area contributed by atoms with Crippen molar-refractivity contribution in [3.8, 4) is 0 Å². The summed E-state index contributed by atoms with van der Waals surface area (Å²) in [4.78, 5) is 18.0. The Kier molecular flexibility index (Phi) is 2.76. The summed E-state index contributed by atoms with van der Waals surface area (Å²) in [5.41, 5.74) is 0.417. The molecule has 0 amide bonds. The SMILES string of the molecule is O=C(Cc1ccc(F)c(F)c1)c1ncc[nH]1. The lowest BCUT2D eigenvalue weighted by atomic mass is 10.1. The quantitative estimate of drug-likeness (QED) is 0.808. The van der Waals surface area contributed by atoms with Gasteiger partial charge in [-0.05, 0) is 17.7 Å². The molecule has 3 nitrogen and oxygen atoms in total. The Balaban J connectivity index is 2.15. The third-order valence-electron chi connectivity index (χ3n) is 2.11. The van der Waals surface area contributed by atoms with Crippen LogP contribution in [0.25, 0.3) is 0 Å². The number of aromatic amines is 1. The molecule has 0 saturated carbocycles. The molecule has 0 aliphatic rings. The predicted molar refractivity (Wildman–Crippen MR) is 53.0 cm³/mol. The molecule has 16 heavy (non-hydrogen) atoms. The number of rotatable bonds is 3. The monoisotopic (exact) mass is 222 g/mol. The molecule has 0 atom stereocenters. The average molecular weight is 222 g/mol. The van der Waals surface area contributed by atoms with Crippen molar-refractivity contribution < 1.29 is 13.6 Å². The zero-order valence-corrected chi connectivity index (χ0v) is 8.21. The summed E-state index contributed by atoms with van der Waals surface area (Å²) in [6.45, 7) is 0. The summed E-state index contributed by atoms with van der Waals surface area (Å²) in [5, 5.41) is 0. The van der Waals surface area contributed by atoms with Crippen molar-refractivity contribution in [2.75, 3.05) is 0 Å². The molecule has 0 saturated heterocycles. The van der Waals surface area contributed by atoms with E-state index in [1.54, 1.807) is 0 Å². The van der Waals surface area contributed by atoms with Gasteiger partial charge in [0.2, 0.25) is 5.78 Å². The molecule has 1 heterocycles. The highest BCUT2D eigenvalue weighted by molar-refractivity contribution is 5.94. The standard InChI is InChI=1S/C11H8F2N2O/c12-8-2-1-7(5-9(8)13)6-10(16)11-14-3-4-15-11/h1-5H,6H2,(H,14,15). The van der Waals surface area contributed by atoms with Gasteiger partial charge in [-0.25, -0.2) is 13.8 Å². The number of halogens is 2. The van der Waals surface area contributed by atoms with Crippen molar-refractivity contribution >= 4 is 5.78 Å². The van der Waals surface area contributed by atoms with Gasteiger partial charge in [0, 0.05) is 18.8 Å². The summed E-state index contributed by atoms with van der Waals surface area (Å²) in [5.74, 6) is -1.93. The maximum absolute atomic E-state index is 12.9. The zero-order chi connectivity index (χ0) is 11.5. The van der Waals surface area contributed by atoms with Gasteiger partial charge < -0.3 is 4.98 Å². The minimum Gasteiger partial charge on any atom is -0.342 e. The number of nitrogens with one attached hydrogen (secondary N) is 1. The highest BCUT2D eigenvalue weighted by atomic mass is 19.2. The van der Waals surface area contributed by atoms with E-state index in [-0.39, 0.29) is 18.0 Å². The Labute approximate surface area is 90.1 Å². The molecule has 0 radical (unpaired) electrons. The van der Waals surface area contributed by atoms with E-state index in [1.807, 2.05) is 0 Å². The highest BCUT2D eigenvalue weighted by Crippen LogP contribution is 2.10. The van der Waals surface area contributed by atoms with Gasteiger partial charge in [-0.1, -0.05) is 6.07 Å². The number of imidazole rings is 1. The van der Waals surface area contributed by atoms with Crippen LogP contribution in [0.1, 0.15) is 16.2 Å². The molecule has 82 valence electrons. The van der Waals surface area contributed by atoms with Gasteiger partial charge in [-0.2, -0.15) is 0 Å². The lowest BCUT2D eigenvalue weighted by Gasteiger charge is -1.99.